The zero-order valence-electron chi connectivity index (χ0n) is 14.2. The zero-order chi connectivity index (χ0) is 17.0. The molecule has 0 aliphatic heterocycles. The molecule has 0 heterocycles. The lowest BCUT2D eigenvalue weighted by molar-refractivity contribution is 0.254. The van der Waals surface area contributed by atoms with Crippen molar-refractivity contribution in [2.45, 2.75) is 34.6 Å². The number of benzene rings is 1. The Morgan fingerprint density at radius 3 is 2.05 bits per heavy atom. The number of nitrogens with one attached hydrogen (secondary N) is 2. The van der Waals surface area contributed by atoms with E-state index in [-0.39, 0.29) is 17.1 Å². The highest BCUT2D eigenvalue weighted by Crippen LogP contribution is 2.36. The molecule has 2 N–H and O–H groups in total. The first-order chi connectivity index (χ1) is 10.0. The second-order valence-corrected chi connectivity index (χ2v) is 3.30. The van der Waals surface area contributed by atoms with Crippen molar-refractivity contribution in [2.24, 2.45) is 0 Å². The van der Waals surface area contributed by atoms with Gasteiger partial charge in [0.25, 0.3) is 0 Å². The van der Waals surface area contributed by atoms with Crippen LogP contribution in [0.2, 0.25) is 0 Å². The summed E-state index contributed by atoms with van der Waals surface area (Å²) in [6.07, 6.45) is 0. The summed E-state index contributed by atoms with van der Waals surface area (Å²) >= 11 is 0. The van der Waals surface area contributed by atoms with Crippen LogP contribution in [0.4, 0.5) is 14.9 Å². The Morgan fingerprint density at radius 2 is 1.67 bits per heavy atom. The topological polar surface area (TPSA) is 59.6 Å². The molecule has 0 fully saturated rings. The van der Waals surface area contributed by atoms with Crippen molar-refractivity contribution in [3.8, 4) is 11.5 Å². The fourth-order valence-electron chi connectivity index (χ4n) is 1.36. The second kappa shape index (κ2) is 11.8. The lowest BCUT2D eigenvalue weighted by atomic mass is 10.1. The van der Waals surface area contributed by atoms with E-state index in [1.165, 1.54) is 27.3 Å². The van der Waals surface area contributed by atoms with E-state index in [0.29, 0.717) is 5.69 Å². The van der Waals surface area contributed by atoms with E-state index in [9.17, 15) is 9.18 Å². The van der Waals surface area contributed by atoms with E-state index in [0.717, 1.165) is 0 Å². The van der Waals surface area contributed by atoms with Crippen LogP contribution >= 0.6 is 0 Å². The van der Waals surface area contributed by atoms with Gasteiger partial charge in [0.1, 0.15) is 0 Å². The average Bonchev–Trinajstić information content (AvgIpc) is 2.55. The fourth-order valence-corrected chi connectivity index (χ4v) is 1.36. The van der Waals surface area contributed by atoms with Crippen molar-refractivity contribution >= 4 is 11.7 Å². The number of ether oxygens (including phenoxy) is 2. The Balaban J connectivity index is 0. The maximum absolute atomic E-state index is 13.9. The molecule has 1 aromatic rings. The molecule has 2 amide bonds. The normalized spacial score (nSPS) is 8.43. The van der Waals surface area contributed by atoms with Crippen molar-refractivity contribution in [1.82, 2.24) is 5.32 Å². The first kappa shape index (κ1) is 21.3. The lowest BCUT2D eigenvalue weighted by Gasteiger charge is -2.14. The molecule has 6 heteroatoms. The van der Waals surface area contributed by atoms with Gasteiger partial charge in [-0.2, -0.15) is 0 Å². The Labute approximate surface area is 126 Å². The predicted molar refractivity (Wildman–Crippen MR) is 85.0 cm³/mol. The maximum Gasteiger partial charge on any atom is 0.318 e. The van der Waals surface area contributed by atoms with Crippen LogP contribution in [0, 0.1) is 12.7 Å². The van der Waals surface area contributed by atoms with Crippen molar-refractivity contribution in [2.75, 3.05) is 26.6 Å². The van der Waals surface area contributed by atoms with Crippen molar-refractivity contribution in [1.29, 1.82) is 0 Å². The molecule has 0 bridgehead atoms. The molecule has 0 unspecified atom stereocenters. The highest BCUT2D eigenvalue weighted by molar-refractivity contribution is 5.90. The van der Waals surface area contributed by atoms with Crippen LogP contribution in [0.15, 0.2) is 6.07 Å². The van der Waals surface area contributed by atoms with E-state index in [4.69, 9.17) is 9.47 Å². The number of rotatable bonds is 3. The quantitative estimate of drug-likeness (QED) is 0.888. The molecule has 5 nitrogen and oxygen atoms in total. The largest absolute Gasteiger partial charge is 0.493 e. The molecular formula is C15H27FN2O3. The van der Waals surface area contributed by atoms with Gasteiger partial charge in [-0.1, -0.05) is 27.7 Å². The first-order valence-corrected chi connectivity index (χ1v) is 6.95. The molecule has 0 saturated carbocycles. The lowest BCUT2D eigenvalue weighted by Crippen LogP contribution is -2.25. The van der Waals surface area contributed by atoms with Crippen LogP contribution in [0.1, 0.15) is 33.3 Å². The summed E-state index contributed by atoms with van der Waals surface area (Å²) in [5.41, 5.74) is 0.616. The number of methoxy groups -OCH3 is 2. The number of hydrogen-bond donors (Lipinski definition) is 2. The molecule has 0 radical (unpaired) electrons. The summed E-state index contributed by atoms with van der Waals surface area (Å²) in [6.45, 7) is 9.54. The van der Waals surface area contributed by atoms with Crippen LogP contribution in [0.25, 0.3) is 0 Å². The number of carbonyl (C=O) groups is 1. The Kier molecular flexibility index (Phi) is 12.0. The van der Waals surface area contributed by atoms with Gasteiger partial charge in [0, 0.05) is 18.7 Å². The zero-order valence-corrected chi connectivity index (χ0v) is 14.2. The first-order valence-electron chi connectivity index (χ1n) is 6.95. The minimum absolute atomic E-state index is 0.0208. The third kappa shape index (κ3) is 5.89. The van der Waals surface area contributed by atoms with Crippen molar-refractivity contribution in [3.63, 3.8) is 0 Å². The molecule has 0 saturated heterocycles. The molecule has 1 rings (SSSR count). The van der Waals surface area contributed by atoms with Crippen LogP contribution in [-0.4, -0.2) is 27.3 Å². The summed E-state index contributed by atoms with van der Waals surface area (Å²) in [5, 5.41) is 4.88. The van der Waals surface area contributed by atoms with Crippen molar-refractivity contribution in [3.05, 3.63) is 17.4 Å². The molecule has 0 aliphatic rings. The van der Waals surface area contributed by atoms with E-state index >= 15 is 0 Å². The molecule has 21 heavy (non-hydrogen) atoms. The third-order valence-electron chi connectivity index (χ3n) is 2.33. The van der Waals surface area contributed by atoms with Gasteiger partial charge in [-0.15, -0.1) is 0 Å². The minimum atomic E-state index is -0.557. The van der Waals surface area contributed by atoms with Gasteiger partial charge in [-0.25, -0.2) is 9.18 Å². The van der Waals surface area contributed by atoms with Crippen LogP contribution in [-0.2, 0) is 0 Å². The fraction of sp³-hybridized carbons (Fsp3) is 0.533. The Morgan fingerprint density at radius 1 is 1.14 bits per heavy atom. The van der Waals surface area contributed by atoms with Gasteiger partial charge in [0.2, 0.25) is 0 Å². The molecule has 0 spiro atoms. The Hall–Kier alpha value is -1.98. The molecule has 0 atom stereocenters. The standard InChI is InChI=1S/C11H15FN2O3.2C2H6/c1-6-7(14-11(15)13-2)5-8(16-3)10(17-4)9(6)12;2*1-2/h5H,1-4H3,(H2,13,14,15);2*1-2H3. The van der Waals surface area contributed by atoms with E-state index in [1.807, 2.05) is 27.7 Å². The molecule has 1 aromatic carbocycles. The van der Waals surface area contributed by atoms with E-state index in [1.54, 1.807) is 6.92 Å². The summed E-state index contributed by atoms with van der Waals surface area (Å²) in [4.78, 5) is 11.2. The number of hydrogen-bond acceptors (Lipinski definition) is 3. The highest BCUT2D eigenvalue weighted by Gasteiger charge is 2.17. The Bertz CT molecular complexity index is 437. The number of halogens is 1. The van der Waals surface area contributed by atoms with Crippen molar-refractivity contribution < 1.29 is 18.7 Å². The molecule has 0 aromatic heterocycles. The highest BCUT2D eigenvalue weighted by atomic mass is 19.1. The average molecular weight is 302 g/mol. The maximum atomic E-state index is 13.9. The van der Waals surface area contributed by atoms with Gasteiger partial charge in [0.15, 0.2) is 17.3 Å². The second-order valence-electron chi connectivity index (χ2n) is 3.30. The summed E-state index contributed by atoms with van der Waals surface area (Å²) in [6, 6.07) is 1.08. The summed E-state index contributed by atoms with van der Waals surface area (Å²) in [5.74, 6) is -0.312. The van der Waals surface area contributed by atoms with E-state index < -0.39 is 11.8 Å². The number of anilines is 1. The van der Waals surface area contributed by atoms with E-state index in [2.05, 4.69) is 10.6 Å². The van der Waals surface area contributed by atoms with Gasteiger partial charge in [-0.05, 0) is 6.92 Å². The van der Waals surface area contributed by atoms with Gasteiger partial charge < -0.3 is 20.1 Å². The summed E-state index contributed by atoms with van der Waals surface area (Å²) in [7, 11) is 4.23. The SMILES string of the molecule is CC.CC.CNC(=O)Nc1cc(OC)c(OC)c(F)c1C. The number of carbonyl (C=O) groups excluding carboxylic acids is 1. The minimum Gasteiger partial charge on any atom is -0.493 e. The predicted octanol–water partition coefficient (Wildman–Crippen LogP) is 3.96. The van der Waals surface area contributed by atoms with Gasteiger partial charge in [0.05, 0.1) is 19.9 Å². The van der Waals surface area contributed by atoms with Crippen LogP contribution < -0.4 is 20.1 Å². The van der Waals surface area contributed by atoms with Gasteiger partial charge >= 0.3 is 6.03 Å². The molecular weight excluding hydrogens is 275 g/mol. The monoisotopic (exact) mass is 302 g/mol. The van der Waals surface area contributed by atoms with Crippen LogP contribution in [0.3, 0.4) is 0 Å². The molecule has 122 valence electrons. The van der Waals surface area contributed by atoms with Gasteiger partial charge in [-0.3, -0.25) is 0 Å². The van der Waals surface area contributed by atoms with Crippen LogP contribution in [0.5, 0.6) is 11.5 Å². The summed E-state index contributed by atoms with van der Waals surface area (Å²) < 4.78 is 23.8. The number of amides is 2. The third-order valence-corrected chi connectivity index (χ3v) is 2.33. The smallest absolute Gasteiger partial charge is 0.318 e. The molecule has 0 aliphatic carbocycles. The number of urea groups is 1.